The van der Waals surface area contributed by atoms with Crippen molar-refractivity contribution in [2.24, 2.45) is 0 Å². The Kier molecular flexibility index (Phi) is 4.77. The molecule has 0 aromatic heterocycles. The van der Waals surface area contributed by atoms with E-state index in [1.54, 1.807) is 0 Å². The summed E-state index contributed by atoms with van der Waals surface area (Å²) in [5, 5.41) is 12.4. The van der Waals surface area contributed by atoms with Gasteiger partial charge in [0.25, 0.3) is 0 Å². The van der Waals surface area contributed by atoms with E-state index in [9.17, 15) is 5.11 Å². The molecule has 2 aromatic rings. The zero-order valence-electron chi connectivity index (χ0n) is 12.0. The lowest BCUT2D eigenvalue weighted by atomic mass is 10.1. The van der Waals surface area contributed by atoms with Gasteiger partial charge in [-0.1, -0.05) is 42.5 Å². The molecule has 1 unspecified atom stereocenters. The Bertz CT molecular complexity index is 518. The first-order valence-corrected chi connectivity index (χ1v) is 6.75. The van der Waals surface area contributed by atoms with Crippen molar-refractivity contribution in [3.05, 3.63) is 54.6 Å². The predicted molar refractivity (Wildman–Crippen MR) is 81.9 cm³/mol. The lowest BCUT2D eigenvalue weighted by Gasteiger charge is -2.26. The van der Waals surface area contributed by atoms with Crippen LogP contribution >= 0.6 is 0 Å². The smallest absolute Gasteiger partial charge is 0.119 e. The van der Waals surface area contributed by atoms with E-state index in [1.165, 1.54) is 5.56 Å². The molecule has 1 atom stereocenters. The SMILES string of the molecule is CNC(C)(CO)COc1ccc(-c2ccccc2)cc1. The van der Waals surface area contributed by atoms with E-state index in [1.807, 2.05) is 56.4 Å². The third-order valence-electron chi connectivity index (χ3n) is 3.47. The van der Waals surface area contributed by atoms with Crippen molar-refractivity contribution in [3.63, 3.8) is 0 Å². The van der Waals surface area contributed by atoms with Crippen molar-refractivity contribution in [2.75, 3.05) is 20.3 Å². The van der Waals surface area contributed by atoms with Crippen molar-refractivity contribution in [3.8, 4) is 16.9 Å². The van der Waals surface area contributed by atoms with E-state index in [0.717, 1.165) is 11.3 Å². The van der Waals surface area contributed by atoms with Gasteiger partial charge in [0, 0.05) is 0 Å². The number of nitrogens with one attached hydrogen (secondary N) is 1. The fourth-order valence-corrected chi connectivity index (χ4v) is 1.81. The number of ether oxygens (including phenoxy) is 1. The van der Waals surface area contributed by atoms with Gasteiger partial charge >= 0.3 is 0 Å². The number of rotatable bonds is 6. The van der Waals surface area contributed by atoms with Gasteiger partial charge in [0.15, 0.2) is 0 Å². The highest BCUT2D eigenvalue weighted by atomic mass is 16.5. The molecule has 0 fully saturated rings. The first kappa shape index (κ1) is 14.6. The van der Waals surface area contributed by atoms with Crippen molar-refractivity contribution >= 4 is 0 Å². The molecule has 0 saturated heterocycles. The van der Waals surface area contributed by atoms with E-state index >= 15 is 0 Å². The van der Waals surface area contributed by atoms with Gasteiger partial charge in [0.1, 0.15) is 12.4 Å². The van der Waals surface area contributed by atoms with Crippen LogP contribution in [-0.4, -0.2) is 30.9 Å². The molecule has 106 valence electrons. The molecule has 3 heteroatoms. The summed E-state index contributed by atoms with van der Waals surface area (Å²) in [6.45, 7) is 2.38. The quantitative estimate of drug-likeness (QED) is 0.849. The Morgan fingerprint density at radius 2 is 1.60 bits per heavy atom. The van der Waals surface area contributed by atoms with Gasteiger partial charge in [-0.25, -0.2) is 0 Å². The summed E-state index contributed by atoms with van der Waals surface area (Å²) in [5.74, 6) is 0.805. The monoisotopic (exact) mass is 271 g/mol. The number of hydrogen-bond donors (Lipinski definition) is 2. The van der Waals surface area contributed by atoms with Crippen LogP contribution in [0.25, 0.3) is 11.1 Å². The molecule has 0 bridgehead atoms. The fraction of sp³-hybridized carbons (Fsp3) is 0.294. The molecule has 2 N–H and O–H groups in total. The summed E-state index contributed by atoms with van der Waals surface area (Å²) >= 11 is 0. The maximum absolute atomic E-state index is 9.31. The topological polar surface area (TPSA) is 41.5 Å². The van der Waals surface area contributed by atoms with E-state index in [-0.39, 0.29) is 6.61 Å². The number of benzene rings is 2. The van der Waals surface area contributed by atoms with Gasteiger partial charge in [-0.15, -0.1) is 0 Å². The van der Waals surface area contributed by atoms with Crippen molar-refractivity contribution in [2.45, 2.75) is 12.5 Å². The molecule has 0 aliphatic carbocycles. The van der Waals surface area contributed by atoms with Crippen LogP contribution in [0.4, 0.5) is 0 Å². The first-order chi connectivity index (χ1) is 9.67. The number of aliphatic hydroxyl groups is 1. The highest BCUT2D eigenvalue weighted by molar-refractivity contribution is 5.63. The minimum Gasteiger partial charge on any atom is -0.492 e. The van der Waals surface area contributed by atoms with Gasteiger partial charge in [0.2, 0.25) is 0 Å². The average molecular weight is 271 g/mol. The second-order valence-electron chi connectivity index (χ2n) is 5.15. The van der Waals surface area contributed by atoms with Crippen LogP contribution in [-0.2, 0) is 0 Å². The molecule has 0 aliphatic heterocycles. The van der Waals surface area contributed by atoms with Crippen LogP contribution in [0, 0.1) is 0 Å². The highest BCUT2D eigenvalue weighted by Crippen LogP contribution is 2.22. The maximum Gasteiger partial charge on any atom is 0.119 e. The minimum atomic E-state index is -0.419. The van der Waals surface area contributed by atoms with Crippen LogP contribution in [0.5, 0.6) is 5.75 Å². The molecule has 20 heavy (non-hydrogen) atoms. The Morgan fingerprint density at radius 1 is 1.00 bits per heavy atom. The number of aliphatic hydroxyl groups excluding tert-OH is 1. The zero-order chi connectivity index (χ0) is 14.4. The Balaban J connectivity index is 2.02. The average Bonchev–Trinajstić information content (AvgIpc) is 2.54. The van der Waals surface area contributed by atoms with Gasteiger partial charge in [0.05, 0.1) is 12.1 Å². The summed E-state index contributed by atoms with van der Waals surface area (Å²) in [7, 11) is 1.82. The van der Waals surface area contributed by atoms with E-state index in [2.05, 4.69) is 17.4 Å². The number of likely N-dealkylation sites (N-methyl/N-ethyl adjacent to an activating group) is 1. The van der Waals surface area contributed by atoms with Gasteiger partial charge < -0.3 is 15.2 Å². The van der Waals surface area contributed by atoms with Gasteiger partial charge in [-0.3, -0.25) is 0 Å². The largest absolute Gasteiger partial charge is 0.492 e. The van der Waals surface area contributed by atoms with E-state index < -0.39 is 5.54 Å². The summed E-state index contributed by atoms with van der Waals surface area (Å²) in [4.78, 5) is 0. The molecule has 0 amide bonds. The highest BCUT2D eigenvalue weighted by Gasteiger charge is 2.21. The summed E-state index contributed by atoms with van der Waals surface area (Å²) in [6.07, 6.45) is 0. The summed E-state index contributed by atoms with van der Waals surface area (Å²) < 4.78 is 5.72. The standard InChI is InChI=1S/C17H21NO2/c1-17(12-19,18-2)13-20-16-10-8-15(9-11-16)14-6-4-3-5-7-14/h3-11,18-19H,12-13H2,1-2H3. The molecule has 3 nitrogen and oxygen atoms in total. The van der Waals surface area contributed by atoms with Crippen LogP contribution in [0.2, 0.25) is 0 Å². The third-order valence-corrected chi connectivity index (χ3v) is 3.47. The minimum absolute atomic E-state index is 0.0333. The summed E-state index contributed by atoms with van der Waals surface area (Å²) in [5.41, 5.74) is 1.93. The molecular formula is C17H21NO2. The lowest BCUT2D eigenvalue weighted by Crippen LogP contribution is -2.48. The van der Waals surface area contributed by atoms with E-state index in [0.29, 0.717) is 6.61 Å². The Labute approximate surface area is 120 Å². The molecule has 0 heterocycles. The molecule has 0 radical (unpaired) electrons. The van der Waals surface area contributed by atoms with Crippen molar-refractivity contribution in [1.29, 1.82) is 0 Å². The number of hydrogen-bond acceptors (Lipinski definition) is 3. The Hall–Kier alpha value is -1.84. The van der Waals surface area contributed by atoms with E-state index in [4.69, 9.17) is 4.74 Å². The molecule has 2 rings (SSSR count). The molecule has 0 saturated carbocycles. The summed E-state index contributed by atoms with van der Waals surface area (Å²) in [6, 6.07) is 18.2. The van der Waals surface area contributed by atoms with Crippen LogP contribution < -0.4 is 10.1 Å². The zero-order valence-corrected chi connectivity index (χ0v) is 12.0. The molecule has 0 aliphatic rings. The Morgan fingerprint density at radius 3 is 2.15 bits per heavy atom. The van der Waals surface area contributed by atoms with Gasteiger partial charge in [-0.05, 0) is 37.2 Å². The van der Waals surface area contributed by atoms with Crippen LogP contribution in [0.15, 0.2) is 54.6 Å². The van der Waals surface area contributed by atoms with Crippen molar-refractivity contribution < 1.29 is 9.84 Å². The van der Waals surface area contributed by atoms with Crippen LogP contribution in [0.3, 0.4) is 0 Å². The molecule has 0 spiro atoms. The normalized spacial score (nSPS) is 13.8. The first-order valence-electron chi connectivity index (χ1n) is 6.75. The second-order valence-corrected chi connectivity index (χ2v) is 5.15. The lowest BCUT2D eigenvalue weighted by molar-refractivity contribution is 0.122. The second kappa shape index (κ2) is 6.55. The molecule has 2 aromatic carbocycles. The molecular weight excluding hydrogens is 250 g/mol. The maximum atomic E-state index is 9.31. The fourth-order valence-electron chi connectivity index (χ4n) is 1.81. The van der Waals surface area contributed by atoms with Crippen molar-refractivity contribution in [1.82, 2.24) is 5.32 Å². The van der Waals surface area contributed by atoms with Gasteiger partial charge in [-0.2, -0.15) is 0 Å². The van der Waals surface area contributed by atoms with Crippen LogP contribution in [0.1, 0.15) is 6.92 Å². The third kappa shape index (κ3) is 3.59. The predicted octanol–water partition coefficient (Wildman–Crippen LogP) is 2.70.